The minimum Gasteiger partial charge on any atom is -0.369 e. The van der Waals surface area contributed by atoms with Crippen molar-refractivity contribution in [1.29, 1.82) is 0 Å². The highest BCUT2D eigenvalue weighted by Gasteiger charge is 2.32. The van der Waals surface area contributed by atoms with Crippen molar-refractivity contribution in [3.05, 3.63) is 93.3 Å². The van der Waals surface area contributed by atoms with Gasteiger partial charge in [-0.1, -0.05) is 110 Å². The number of terminal acetylenes is 1. The highest BCUT2D eigenvalue weighted by atomic mass is 19.3. The minimum absolute atomic E-state index is 0.405. The number of rotatable bonds is 12. The van der Waals surface area contributed by atoms with Gasteiger partial charge in [0.15, 0.2) is 11.6 Å². The van der Waals surface area contributed by atoms with E-state index in [1.54, 1.807) is 11.6 Å². The maximum absolute atomic E-state index is 12.8. The van der Waals surface area contributed by atoms with Crippen LogP contribution in [0.1, 0.15) is 174 Å². The summed E-state index contributed by atoms with van der Waals surface area (Å²) >= 11 is 0. The van der Waals surface area contributed by atoms with Crippen LogP contribution >= 0.6 is 0 Å². The molecule has 1 aliphatic rings. The summed E-state index contributed by atoms with van der Waals surface area (Å²) in [5.41, 5.74) is 9.67. The third-order valence-corrected chi connectivity index (χ3v) is 10.2. The number of hydrogen-bond acceptors (Lipinski definition) is 1. The molecule has 0 amide bonds. The largest absolute Gasteiger partial charge is 0.369 e. The van der Waals surface area contributed by atoms with Crippen molar-refractivity contribution in [3.8, 4) is 12.3 Å². The van der Waals surface area contributed by atoms with Gasteiger partial charge in [-0.05, 0) is 152 Å². The quantitative estimate of drug-likeness (QED) is 0.117. The van der Waals surface area contributed by atoms with Gasteiger partial charge in [0.25, 0.3) is 0 Å². The van der Waals surface area contributed by atoms with Crippen molar-refractivity contribution < 1.29 is 17.6 Å². The molecule has 0 spiro atoms. The number of aryl methyl sites for hydroxylation is 1. The molecule has 308 valence electrons. The predicted octanol–water partition coefficient (Wildman–Crippen LogP) is 16.2. The van der Waals surface area contributed by atoms with Gasteiger partial charge >= 0.3 is 0 Å². The van der Waals surface area contributed by atoms with Gasteiger partial charge in [0, 0.05) is 24.2 Å². The molecule has 0 saturated carbocycles. The van der Waals surface area contributed by atoms with Crippen LogP contribution in [-0.4, -0.2) is 23.4 Å². The van der Waals surface area contributed by atoms with Crippen LogP contribution in [0.15, 0.2) is 76.1 Å². The summed E-state index contributed by atoms with van der Waals surface area (Å²) in [6.07, 6.45) is 24.6. The lowest BCUT2D eigenvalue weighted by atomic mass is 9.81. The molecular weight excluding hydrogens is 679 g/mol. The van der Waals surface area contributed by atoms with Crippen molar-refractivity contribution in [2.24, 2.45) is 11.3 Å². The van der Waals surface area contributed by atoms with Crippen LogP contribution in [0.3, 0.4) is 0 Å². The lowest BCUT2D eigenvalue weighted by Crippen LogP contribution is -2.35. The molecule has 1 aliphatic heterocycles. The average molecular weight is 758 g/mol. The zero-order chi connectivity index (χ0) is 42.1. The van der Waals surface area contributed by atoms with Crippen molar-refractivity contribution in [2.45, 2.75) is 186 Å². The van der Waals surface area contributed by atoms with Crippen molar-refractivity contribution in [1.82, 2.24) is 4.90 Å². The Balaban J connectivity index is 0. The number of allylic oxidation sites excluding steroid dienone is 9. The average Bonchev–Trinajstić information content (AvgIpc) is 3.13. The Morgan fingerprint density at radius 3 is 1.98 bits per heavy atom. The summed E-state index contributed by atoms with van der Waals surface area (Å²) in [5, 5.41) is 0. The second-order valence-corrected chi connectivity index (χ2v) is 15.6. The summed E-state index contributed by atoms with van der Waals surface area (Å²) in [4.78, 5) is 2.61. The SMILES string of the molecule is C#C/C=C(\C=C(/C)C(C)=CCC)CC.CC/C=C1/C(C)=C(/C)CCC(C)(C)CC(C)N1CC.CCCC(CCC)C(C)(F)F.CCc1ccc(F)c(F)c1. The summed E-state index contributed by atoms with van der Waals surface area (Å²) in [6, 6.07) is 4.57. The van der Waals surface area contributed by atoms with Gasteiger partial charge in [-0.2, -0.15) is 0 Å². The lowest BCUT2D eigenvalue weighted by Gasteiger charge is -2.36. The maximum atomic E-state index is 12.8. The highest BCUT2D eigenvalue weighted by molar-refractivity contribution is 5.37. The van der Waals surface area contributed by atoms with Gasteiger partial charge in [-0.15, -0.1) is 6.42 Å². The molecule has 0 aromatic heterocycles. The van der Waals surface area contributed by atoms with Crippen LogP contribution in [0.25, 0.3) is 0 Å². The van der Waals surface area contributed by atoms with Crippen LogP contribution < -0.4 is 0 Å². The van der Waals surface area contributed by atoms with Gasteiger partial charge in [0.1, 0.15) is 0 Å². The molecule has 54 heavy (non-hydrogen) atoms. The van der Waals surface area contributed by atoms with Gasteiger partial charge in [0.05, 0.1) is 0 Å². The Hall–Kier alpha value is -3.00. The first kappa shape index (κ1) is 53.1. The Morgan fingerprint density at radius 2 is 1.56 bits per heavy atom. The maximum Gasteiger partial charge on any atom is 0.248 e. The molecule has 1 nitrogen and oxygen atoms in total. The number of benzene rings is 1. The first-order valence-electron chi connectivity index (χ1n) is 20.7. The zero-order valence-electron chi connectivity index (χ0n) is 37.2. The smallest absolute Gasteiger partial charge is 0.248 e. The topological polar surface area (TPSA) is 3.24 Å². The molecule has 1 aromatic rings. The van der Waals surface area contributed by atoms with E-state index >= 15 is 0 Å². The third kappa shape index (κ3) is 21.8. The number of likely N-dealkylation sites (N-methyl/N-ethyl adjacent to an activating group) is 1. The van der Waals surface area contributed by atoms with Crippen molar-refractivity contribution in [2.75, 3.05) is 6.54 Å². The Kier molecular flexibility index (Phi) is 27.9. The first-order valence-corrected chi connectivity index (χ1v) is 20.7. The number of halogens is 4. The molecule has 0 saturated heterocycles. The van der Waals surface area contributed by atoms with Crippen molar-refractivity contribution in [3.63, 3.8) is 0 Å². The molecule has 1 atom stereocenters. The summed E-state index contributed by atoms with van der Waals surface area (Å²) in [6.45, 7) is 32.9. The molecule has 0 N–H and O–H groups in total. The second kappa shape index (κ2) is 28.4. The van der Waals surface area contributed by atoms with E-state index in [4.69, 9.17) is 6.42 Å². The molecular formula is C49H79F4N. The summed E-state index contributed by atoms with van der Waals surface area (Å²) in [5.74, 6) is -1.86. The van der Waals surface area contributed by atoms with Gasteiger partial charge < -0.3 is 4.90 Å². The Labute approximate surface area is 331 Å². The Bertz CT molecular complexity index is 1390. The van der Waals surface area contributed by atoms with E-state index in [1.807, 2.05) is 26.8 Å². The van der Waals surface area contributed by atoms with Crippen LogP contribution in [-0.2, 0) is 6.42 Å². The van der Waals surface area contributed by atoms with Crippen LogP contribution in [0.5, 0.6) is 0 Å². The van der Waals surface area contributed by atoms with E-state index in [2.05, 4.69) is 105 Å². The molecule has 1 unspecified atom stereocenters. The summed E-state index contributed by atoms with van der Waals surface area (Å²) < 4.78 is 50.2. The van der Waals surface area contributed by atoms with Crippen molar-refractivity contribution >= 4 is 0 Å². The fourth-order valence-corrected chi connectivity index (χ4v) is 6.66. The van der Waals surface area contributed by atoms with E-state index < -0.39 is 23.5 Å². The minimum atomic E-state index is -2.48. The van der Waals surface area contributed by atoms with Gasteiger partial charge in [0.2, 0.25) is 5.92 Å². The fourth-order valence-electron chi connectivity index (χ4n) is 6.66. The van der Waals surface area contributed by atoms with E-state index in [1.165, 1.54) is 53.3 Å². The van der Waals surface area contributed by atoms with E-state index in [0.717, 1.165) is 63.6 Å². The molecule has 1 heterocycles. The lowest BCUT2D eigenvalue weighted by molar-refractivity contribution is -0.0464. The number of hydrogen-bond donors (Lipinski definition) is 0. The van der Waals surface area contributed by atoms with E-state index in [-0.39, 0.29) is 0 Å². The second-order valence-electron chi connectivity index (χ2n) is 15.6. The monoisotopic (exact) mass is 758 g/mol. The molecule has 0 fully saturated rings. The fraction of sp³-hybridized carbons (Fsp3) is 0.633. The molecule has 2 rings (SSSR count). The Morgan fingerprint density at radius 1 is 0.963 bits per heavy atom. The van der Waals surface area contributed by atoms with Crippen LogP contribution in [0.4, 0.5) is 17.6 Å². The number of nitrogens with zero attached hydrogens (tertiary/aromatic N) is 1. The van der Waals surface area contributed by atoms with Crippen LogP contribution in [0, 0.1) is 35.3 Å². The molecule has 5 heteroatoms. The predicted molar refractivity (Wildman–Crippen MR) is 231 cm³/mol. The van der Waals surface area contributed by atoms with E-state index in [0.29, 0.717) is 24.3 Å². The normalized spacial score (nSPS) is 18.9. The zero-order valence-corrected chi connectivity index (χ0v) is 37.2. The first-order chi connectivity index (χ1) is 25.2. The highest BCUT2D eigenvalue weighted by Crippen LogP contribution is 2.37. The van der Waals surface area contributed by atoms with Crippen LogP contribution in [0.2, 0.25) is 0 Å². The molecule has 0 bridgehead atoms. The van der Waals surface area contributed by atoms with Gasteiger partial charge in [-0.3, -0.25) is 0 Å². The molecule has 1 aromatic carbocycles. The van der Waals surface area contributed by atoms with Gasteiger partial charge in [-0.25, -0.2) is 17.6 Å². The molecule has 0 radical (unpaired) electrons. The summed E-state index contributed by atoms with van der Waals surface area (Å²) in [7, 11) is 0. The molecule has 0 aliphatic carbocycles. The third-order valence-electron chi connectivity index (χ3n) is 10.2. The van der Waals surface area contributed by atoms with E-state index in [9.17, 15) is 17.6 Å². The number of alkyl halides is 2. The standard InChI is InChI=1S/C18H33N.C14H20.C9H18F2.C8H8F2/c1-8-10-17-16(5)14(3)11-12-18(6,7)13-15(4)19(17)9-2;1-6-9-12(4)13(5)11-14(8-3)10-7-2;1-4-6-8(7-5-2)9(3,10)11;1-2-6-3-4-7(9)8(10)5-6/h10,15H,8-9,11-13H2,1-7H3;2,9-11H,6,8H2,1,3-5H3;8H,4-7H2,1-3H3;3-5H,2H2,1H3/b16-14-,17-10-;12-9?,13-11+,14-10-;;.